The Labute approximate surface area is 99.5 Å². The third-order valence-electron chi connectivity index (χ3n) is 2.61. The molecule has 0 aliphatic rings. The molecule has 0 N–H and O–H groups in total. The van der Waals surface area contributed by atoms with Crippen molar-refractivity contribution in [2.75, 3.05) is 13.6 Å². The van der Waals surface area contributed by atoms with Crippen molar-refractivity contribution in [1.29, 1.82) is 0 Å². The summed E-state index contributed by atoms with van der Waals surface area (Å²) in [7, 11) is 1.68. The molecule has 4 heteroatoms. The molecule has 0 radical (unpaired) electrons. The van der Waals surface area contributed by atoms with E-state index in [1.54, 1.807) is 11.9 Å². The van der Waals surface area contributed by atoms with E-state index in [0.29, 0.717) is 24.1 Å². The number of amides is 1. The van der Waals surface area contributed by atoms with E-state index >= 15 is 0 Å². The minimum Gasteiger partial charge on any atom is -0.346 e. The van der Waals surface area contributed by atoms with Crippen LogP contribution in [0.4, 0.5) is 8.78 Å². The van der Waals surface area contributed by atoms with E-state index < -0.39 is 11.6 Å². The summed E-state index contributed by atoms with van der Waals surface area (Å²) < 4.78 is 25.7. The van der Waals surface area contributed by atoms with Crippen LogP contribution in [0, 0.1) is 11.6 Å². The summed E-state index contributed by atoms with van der Waals surface area (Å²) in [4.78, 5) is 12.5. The average Bonchev–Trinajstić information content (AvgIpc) is 2.28. The van der Waals surface area contributed by atoms with E-state index in [1.165, 1.54) is 13.0 Å². The van der Waals surface area contributed by atoms with Crippen molar-refractivity contribution in [3.05, 3.63) is 42.0 Å². The second-order valence-electron chi connectivity index (χ2n) is 3.92. The summed E-state index contributed by atoms with van der Waals surface area (Å²) in [5.41, 5.74) is 1.23. The van der Waals surface area contributed by atoms with Crippen molar-refractivity contribution < 1.29 is 13.6 Å². The molecule has 0 saturated carbocycles. The summed E-state index contributed by atoms with van der Waals surface area (Å²) in [6, 6.07) is 3.67. The fourth-order valence-corrected chi connectivity index (χ4v) is 1.32. The lowest BCUT2D eigenvalue weighted by Gasteiger charge is -2.15. The van der Waals surface area contributed by atoms with Crippen molar-refractivity contribution in [3.8, 4) is 0 Å². The molecular formula is C13H15F2NO. The molecule has 92 valence electrons. The van der Waals surface area contributed by atoms with Crippen LogP contribution in [0.5, 0.6) is 0 Å². The normalized spacial score (nSPS) is 10.1. The third-order valence-corrected chi connectivity index (χ3v) is 2.61. The Morgan fingerprint density at radius 2 is 2.00 bits per heavy atom. The maximum atomic E-state index is 13.0. The molecule has 0 spiro atoms. The van der Waals surface area contributed by atoms with Crippen molar-refractivity contribution in [2.45, 2.75) is 13.3 Å². The van der Waals surface area contributed by atoms with Crippen LogP contribution in [0.3, 0.4) is 0 Å². The van der Waals surface area contributed by atoms with Crippen LogP contribution in [0.25, 0.3) is 5.57 Å². The molecule has 1 rings (SSSR count). The van der Waals surface area contributed by atoms with E-state index in [1.807, 2.05) is 0 Å². The first kappa shape index (κ1) is 13.4. The van der Waals surface area contributed by atoms with Gasteiger partial charge in [-0.2, -0.15) is 0 Å². The molecule has 1 aromatic rings. The van der Waals surface area contributed by atoms with E-state index in [2.05, 4.69) is 6.58 Å². The molecule has 0 heterocycles. The minimum absolute atomic E-state index is 0.0388. The summed E-state index contributed by atoms with van der Waals surface area (Å²) in [5.74, 6) is -1.80. The molecule has 0 aromatic heterocycles. The Hall–Kier alpha value is -1.71. The number of nitrogens with zero attached hydrogens (tertiary/aromatic N) is 1. The zero-order valence-electron chi connectivity index (χ0n) is 9.96. The van der Waals surface area contributed by atoms with Gasteiger partial charge in [-0.1, -0.05) is 12.6 Å². The van der Waals surface area contributed by atoms with Crippen molar-refractivity contribution >= 4 is 11.5 Å². The maximum Gasteiger partial charge on any atom is 0.219 e. The molecule has 0 saturated heterocycles. The van der Waals surface area contributed by atoms with Crippen molar-refractivity contribution in [1.82, 2.24) is 4.90 Å². The second kappa shape index (κ2) is 5.57. The Morgan fingerprint density at radius 1 is 1.35 bits per heavy atom. The molecule has 0 bridgehead atoms. The number of hydrogen-bond donors (Lipinski definition) is 0. The number of rotatable bonds is 4. The van der Waals surface area contributed by atoms with Gasteiger partial charge in [-0.05, 0) is 29.7 Å². The smallest absolute Gasteiger partial charge is 0.219 e. The highest BCUT2D eigenvalue weighted by Crippen LogP contribution is 2.18. The van der Waals surface area contributed by atoms with Gasteiger partial charge in [-0.3, -0.25) is 4.79 Å². The van der Waals surface area contributed by atoms with Gasteiger partial charge in [0.25, 0.3) is 0 Å². The lowest BCUT2D eigenvalue weighted by atomic mass is 10.0. The van der Waals surface area contributed by atoms with Crippen LogP contribution in [0.2, 0.25) is 0 Å². The van der Waals surface area contributed by atoms with Gasteiger partial charge in [0, 0.05) is 20.5 Å². The highest BCUT2D eigenvalue weighted by Gasteiger charge is 2.07. The fourth-order valence-electron chi connectivity index (χ4n) is 1.32. The van der Waals surface area contributed by atoms with Gasteiger partial charge >= 0.3 is 0 Å². The molecule has 2 nitrogen and oxygen atoms in total. The molecule has 1 amide bonds. The quantitative estimate of drug-likeness (QED) is 0.791. The van der Waals surface area contributed by atoms with E-state index in [9.17, 15) is 13.6 Å². The first-order valence-corrected chi connectivity index (χ1v) is 5.26. The van der Waals surface area contributed by atoms with Gasteiger partial charge in [-0.25, -0.2) is 8.78 Å². The SMILES string of the molecule is C=C(CCN(C)C(C)=O)c1ccc(F)c(F)c1. The predicted molar refractivity (Wildman–Crippen MR) is 63.3 cm³/mol. The number of benzene rings is 1. The number of halogens is 2. The third kappa shape index (κ3) is 3.66. The molecule has 0 aliphatic carbocycles. The van der Waals surface area contributed by atoms with E-state index in [4.69, 9.17) is 0 Å². The first-order valence-electron chi connectivity index (χ1n) is 5.26. The first-order chi connectivity index (χ1) is 7.91. The van der Waals surface area contributed by atoms with Gasteiger partial charge in [0.05, 0.1) is 0 Å². The van der Waals surface area contributed by atoms with Gasteiger partial charge in [0.15, 0.2) is 11.6 Å². The van der Waals surface area contributed by atoms with Crippen LogP contribution < -0.4 is 0 Å². The van der Waals surface area contributed by atoms with Gasteiger partial charge in [0.2, 0.25) is 5.91 Å². The molecule has 0 fully saturated rings. The molecule has 0 aliphatic heterocycles. The Morgan fingerprint density at radius 3 is 2.53 bits per heavy atom. The Balaban J connectivity index is 2.64. The summed E-state index contributed by atoms with van der Waals surface area (Å²) in [6.07, 6.45) is 0.529. The van der Waals surface area contributed by atoms with E-state index in [0.717, 1.165) is 12.1 Å². The standard InChI is InChI=1S/C13H15F2NO/c1-9(6-7-16(3)10(2)17)11-4-5-12(14)13(15)8-11/h4-5,8H,1,6-7H2,2-3H3. The summed E-state index contributed by atoms with van der Waals surface area (Å²) in [5, 5.41) is 0. The van der Waals surface area contributed by atoms with Crippen molar-refractivity contribution in [2.24, 2.45) is 0 Å². The number of carbonyl (C=O) groups excluding carboxylic acids is 1. The molecule has 17 heavy (non-hydrogen) atoms. The molecule has 1 aromatic carbocycles. The maximum absolute atomic E-state index is 13.0. The van der Waals surface area contributed by atoms with Gasteiger partial charge in [0.1, 0.15) is 0 Å². The van der Waals surface area contributed by atoms with Crippen LogP contribution in [-0.2, 0) is 4.79 Å². The largest absolute Gasteiger partial charge is 0.346 e. The monoisotopic (exact) mass is 239 g/mol. The summed E-state index contributed by atoms with van der Waals surface area (Å²) >= 11 is 0. The van der Waals surface area contributed by atoms with Gasteiger partial charge < -0.3 is 4.90 Å². The number of hydrogen-bond acceptors (Lipinski definition) is 1. The highest BCUT2D eigenvalue weighted by atomic mass is 19.2. The fraction of sp³-hybridized carbons (Fsp3) is 0.308. The molecular weight excluding hydrogens is 224 g/mol. The molecule has 0 atom stereocenters. The van der Waals surface area contributed by atoms with Gasteiger partial charge in [-0.15, -0.1) is 0 Å². The van der Waals surface area contributed by atoms with E-state index in [-0.39, 0.29) is 5.91 Å². The highest BCUT2D eigenvalue weighted by molar-refractivity contribution is 5.73. The Bertz CT molecular complexity index is 443. The van der Waals surface area contributed by atoms with Crippen LogP contribution >= 0.6 is 0 Å². The predicted octanol–water partition coefficient (Wildman–Crippen LogP) is 2.85. The average molecular weight is 239 g/mol. The lowest BCUT2D eigenvalue weighted by Crippen LogP contribution is -2.24. The summed E-state index contributed by atoms with van der Waals surface area (Å²) in [6.45, 7) is 5.78. The van der Waals surface area contributed by atoms with Crippen LogP contribution in [0.15, 0.2) is 24.8 Å². The zero-order chi connectivity index (χ0) is 13.0. The topological polar surface area (TPSA) is 20.3 Å². The minimum atomic E-state index is -0.886. The van der Waals surface area contributed by atoms with Crippen LogP contribution in [0.1, 0.15) is 18.9 Å². The Kier molecular flexibility index (Phi) is 4.37. The van der Waals surface area contributed by atoms with Crippen molar-refractivity contribution in [3.63, 3.8) is 0 Å². The molecule has 0 unspecified atom stereocenters. The zero-order valence-corrected chi connectivity index (χ0v) is 9.96. The number of carbonyl (C=O) groups is 1. The second-order valence-corrected chi connectivity index (χ2v) is 3.92. The lowest BCUT2D eigenvalue weighted by molar-refractivity contribution is -0.127. The van der Waals surface area contributed by atoms with Crippen LogP contribution in [-0.4, -0.2) is 24.4 Å².